The average Bonchev–Trinajstić information content (AvgIpc) is 3.21. The molecule has 32 heavy (non-hydrogen) atoms. The molecule has 2 N–H and O–H groups in total. The zero-order valence-corrected chi connectivity index (χ0v) is 17.9. The quantitative estimate of drug-likeness (QED) is 0.470. The van der Waals surface area contributed by atoms with Crippen LogP contribution in [0.5, 0.6) is 0 Å². The number of nitrogens with zero attached hydrogens (tertiary/aromatic N) is 5. The van der Waals surface area contributed by atoms with Gasteiger partial charge in [-0.2, -0.15) is 5.10 Å². The van der Waals surface area contributed by atoms with Gasteiger partial charge >= 0.3 is 5.97 Å². The highest BCUT2D eigenvalue weighted by Gasteiger charge is 2.30. The van der Waals surface area contributed by atoms with E-state index < -0.39 is 0 Å². The van der Waals surface area contributed by atoms with E-state index >= 15 is 0 Å². The number of para-hydroxylation sites is 1. The number of hydrogen-bond donors (Lipinski definition) is 1. The molecule has 0 atom stereocenters. The number of esters is 1. The van der Waals surface area contributed by atoms with Gasteiger partial charge in [0, 0.05) is 35.5 Å². The third kappa shape index (κ3) is 3.52. The van der Waals surface area contributed by atoms with Crippen molar-refractivity contribution in [3.8, 4) is 22.8 Å². The van der Waals surface area contributed by atoms with Gasteiger partial charge in [0.15, 0.2) is 5.82 Å². The molecule has 0 unspecified atom stereocenters. The second kappa shape index (κ2) is 8.47. The minimum atomic E-state index is -0.352. The zero-order chi connectivity index (χ0) is 22.1. The number of carbonyl (C=O) groups is 1. The Hall–Kier alpha value is -3.65. The Morgan fingerprint density at radius 3 is 2.88 bits per heavy atom. The molecule has 1 aliphatic rings. The third-order valence-electron chi connectivity index (χ3n) is 5.68. The molecule has 0 aliphatic heterocycles. The van der Waals surface area contributed by atoms with Crippen LogP contribution in [-0.2, 0) is 24.1 Å². The number of fused-ring (bicyclic) bond motifs is 4. The van der Waals surface area contributed by atoms with Crippen LogP contribution in [0.15, 0.2) is 42.7 Å². The van der Waals surface area contributed by atoms with Crippen molar-refractivity contribution in [2.45, 2.75) is 32.7 Å². The lowest BCUT2D eigenvalue weighted by molar-refractivity contribution is 0.0510. The first-order valence-electron chi connectivity index (χ1n) is 10.9. The number of aromatic nitrogens is 5. The molecule has 3 aromatic heterocycles. The molecule has 3 heterocycles. The normalized spacial score (nSPS) is 12.4. The lowest BCUT2D eigenvalue weighted by atomic mass is 9.93. The van der Waals surface area contributed by atoms with Gasteiger partial charge in [-0.15, -0.1) is 0 Å². The zero-order valence-electron chi connectivity index (χ0n) is 17.9. The van der Waals surface area contributed by atoms with Crippen molar-refractivity contribution in [3.05, 3.63) is 59.5 Å². The molecule has 0 saturated carbocycles. The topological polar surface area (TPSA) is 109 Å². The van der Waals surface area contributed by atoms with Crippen molar-refractivity contribution in [3.63, 3.8) is 0 Å². The minimum Gasteiger partial charge on any atom is -0.461 e. The van der Waals surface area contributed by atoms with Crippen LogP contribution in [0.4, 0.5) is 0 Å². The van der Waals surface area contributed by atoms with E-state index in [1.54, 1.807) is 17.8 Å². The molecule has 0 spiro atoms. The molecule has 0 bridgehead atoms. The molecule has 0 fully saturated rings. The third-order valence-corrected chi connectivity index (χ3v) is 5.68. The van der Waals surface area contributed by atoms with Crippen LogP contribution in [-0.4, -0.2) is 43.9 Å². The second-order valence-corrected chi connectivity index (χ2v) is 7.75. The molecule has 4 aromatic rings. The van der Waals surface area contributed by atoms with Crippen LogP contribution in [0, 0.1) is 0 Å². The fourth-order valence-corrected chi connectivity index (χ4v) is 4.14. The summed E-state index contributed by atoms with van der Waals surface area (Å²) in [5.41, 5.74) is 11.4. The predicted octanol–water partition coefficient (Wildman–Crippen LogP) is 3.18. The molecule has 0 radical (unpaired) electrons. The number of aryl methyl sites for hydroxylation is 2. The van der Waals surface area contributed by atoms with Gasteiger partial charge in [-0.05, 0) is 50.4 Å². The highest BCUT2D eigenvalue weighted by molar-refractivity contribution is 5.92. The van der Waals surface area contributed by atoms with Gasteiger partial charge in [0.2, 0.25) is 0 Å². The SMILES string of the molecule is CCOC(=O)c1c2c(nn1CCCN)-c1nc(-c3cnc4ccccc4c3)ncc1CC2. The number of pyridine rings is 1. The summed E-state index contributed by atoms with van der Waals surface area (Å²) in [6.45, 7) is 3.19. The summed E-state index contributed by atoms with van der Waals surface area (Å²) in [5, 5.41) is 5.80. The summed E-state index contributed by atoms with van der Waals surface area (Å²) in [6.07, 6.45) is 5.81. The lowest BCUT2D eigenvalue weighted by Crippen LogP contribution is -2.17. The van der Waals surface area contributed by atoms with E-state index in [4.69, 9.17) is 20.6 Å². The number of ether oxygens (including phenoxy) is 1. The minimum absolute atomic E-state index is 0.313. The van der Waals surface area contributed by atoms with Crippen LogP contribution in [0.1, 0.15) is 35.0 Å². The van der Waals surface area contributed by atoms with E-state index in [1.807, 2.05) is 36.5 Å². The second-order valence-electron chi connectivity index (χ2n) is 7.75. The molecular weight excluding hydrogens is 404 g/mol. The Morgan fingerprint density at radius 1 is 1.16 bits per heavy atom. The van der Waals surface area contributed by atoms with Crippen LogP contribution in [0.2, 0.25) is 0 Å². The summed E-state index contributed by atoms with van der Waals surface area (Å²) >= 11 is 0. The van der Waals surface area contributed by atoms with Gasteiger partial charge in [0.25, 0.3) is 0 Å². The molecule has 8 heteroatoms. The maximum atomic E-state index is 12.7. The van der Waals surface area contributed by atoms with E-state index in [1.165, 1.54) is 0 Å². The summed E-state index contributed by atoms with van der Waals surface area (Å²) in [5.74, 6) is 0.235. The van der Waals surface area contributed by atoms with E-state index in [0.717, 1.165) is 51.8 Å². The molecule has 162 valence electrons. The fraction of sp³-hybridized carbons (Fsp3) is 0.292. The van der Waals surface area contributed by atoms with Crippen LogP contribution in [0.3, 0.4) is 0 Å². The molecule has 8 nitrogen and oxygen atoms in total. The van der Waals surface area contributed by atoms with Crippen molar-refractivity contribution >= 4 is 16.9 Å². The van der Waals surface area contributed by atoms with E-state index in [0.29, 0.717) is 37.6 Å². The molecular formula is C24H24N6O2. The summed E-state index contributed by atoms with van der Waals surface area (Å²) < 4.78 is 7.05. The van der Waals surface area contributed by atoms with Crippen molar-refractivity contribution in [1.29, 1.82) is 0 Å². The van der Waals surface area contributed by atoms with Crippen LogP contribution < -0.4 is 5.73 Å². The summed E-state index contributed by atoms with van der Waals surface area (Å²) in [6, 6.07) is 9.99. The van der Waals surface area contributed by atoms with Crippen LogP contribution in [0.25, 0.3) is 33.7 Å². The molecule has 0 saturated heterocycles. The van der Waals surface area contributed by atoms with E-state index in [9.17, 15) is 4.79 Å². The van der Waals surface area contributed by atoms with E-state index in [2.05, 4.69) is 9.97 Å². The Balaban J connectivity index is 1.61. The van der Waals surface area contributed by atoms with Gasteiger partial charge in [-0.3, -0.25) is 9.67 Å². The fourth-order valence-electron chi connectivity index (χ4n) is 4.14. The summed E-state index contributed by atoms with van der Waals surface area (Å²) in [4.78, 5) is 26.7. The first kappa shape index (κ1) is 20.3. The Bertz CT molecular complexity index is 1310. The van der Waals surface area contributed by atoms with Crippen molar-refractivity contribution in [1.82, 2.24) is 24.7 Å². The first-order valence-corrected chi connectivity index (χ1v) is 10.9. The Morgan fingerprint density at radius 2 is 2.03 bits per heavy atom. The Labute approximate surface area is 185 Å². The van der Waals surface area contributed by atoms with Crippen LogP contribution >= 0.6 is 0 Å². The van der Waals surface area contributed by atoms with E-state index in [-0.39, 0.29) is 5.97 Å². The number of carbonyl (C=O) groups excluding carboxylic acids is 1. The smallest absolute Gasteiger partial charge is 0.356 e. The average molecular weight is 428 g/mol. The lowest BCUT2D eigenvalue weighted by Gasteiger charge is -2.15. The Kier molecular flexibility index (Phi) is 5.36. The number of hydrogen-bond acceptors (Lipinski definition) is 7. The van der Waals surface area contributed by atoms with Gasteiger partial charge < -0.3 is 10.5 Å². The molecule has 1 aromatic carbocycles. The molecule has 5 rings (SSSR count). The molecule has 1 aliphatic carbocycles. The summed E-state index contributed by atoms with van der Waals surface area (Å²) in [7, 11) is 0. The maximum Gasteiger partial charge on any atom is 0.356 e. The van der Waals surface area contributed by atoms with Gasteiger partial charge in [0.05, 0.1) is 17.8 Å². The van der Waals surface area contributed by atoms with Gasteiger partial charge in [0.1, 0.15) is 11.4 Å². The van der Waals surface area contributed by atoms with Crippen molar-refractivity contribution in [2.24, 2.45) is 5.73 Å². The maximum absolute atomic E-state index is 12.7. The van der Waals surface area contributed by atoms with Gasteiger partial charge in [-0.1, -0.05) is 18.2 Å². The monoisotopic (exact) mass is 428 g/mol. The number of rotatable bonds is 6. The largest absolute Gasteiger partial charge is 0.461 e. The van der Waals surface area contributed by atoms with Crippen molar-refractivity contribution in [2.75, 3.05) is 13.2 Å². The molecule has 0 amide bonds. The highest BCUT2D eigenvalue weighted by Crippen LogP contribution is 2.34. The first-order chi connectivity index (χ1) is 15.7. The standard InChI is InChI=1S/C24H24N6O2/c1-2-32-24(31)22-18-9-8-16-13-27-23(17-12-15-6-3-4-7-19(15)26-14-17)28-20(16)21(18)29-30(22)11-5-10-25/h3-4,6-7,12-14H,2,5,8-11,25H2,1H3. The van der Waals surface area contributed by atoms with Crippen molar-refractivity contribution < 1.29 is 9.53 Å². The number of nitrogens with two attached hydrogens (primary N) is 1. The number of benzene rings is 1. The predicted molar refractivity (Wildman–Crippen MR) is 121 cm³/mol. The van der Waals surface area contributed by atoms with Gasteiger partial charge in [-0.25, -0.2) is 14.8 Å². The highest BCUT2D eigenvalue weighted by atomic mass is 16.5.